The van der Waals surface area contributed by atoms with E-state index in [0.29, 0.717) is 13.2 Å². The molecule has 0 aliphatic heterocycles. The van der Waals surface area contributed by atoms with Crippen molar-refractivity contribution < 1.29 is 14.8 Å². The molecule has 0 bridgehead atoms. The summed E-state index contributed by atoms with van der Waals surface area (Å²) in [5, 5.41) is 2.29. The quantitative estimate of drug-likeness (QED) is 0.731. The van der Waals surface area contributed by atoms with Crippen molar-refractivity contribution in [3.8, 4) is 5.75 Å². The molecular weight excluding hydrogens is 238 g/mol. The van der Waals surface area contributed by atoms with Crippen LogP contribution in [0.3, 0.4) is 0 Å². The van der Waals surface area contributed by atoms with Crippen molar-refractivity contribution in [2.24, 2.45) is 0 Å². The summed E-state index contributed by atoms with van der Waals surface area (Å²) in [6.07, 6.45) is 1.04. The highest BCUT2D eigenvalue weighted by Crippen LogP contribution is 2.13. The van der Waals surface area contributed by atoms with E-state index in [4.69, 9.17) is 9.47 Å². The molecule has 0 saturated carbocycles. The van der Waals surface area contributed by atoms with Gasteiger partial charge < -0.3 is 14.8 Å². The SMILES string of the molecule is CCc1cccc(OCCOCC[NH2+]C(C)(C)C)c1. The molecule has 1 aromatic carbocycles. The van der Waals surface area contributed by atoms with Gasteiger partial charge in [0.15, 0.2) is 0 Å². The van der Waals surface area contributed by atoms with E-state index in [1.807, 2.05) is 12.1 Å². The van der Waals surface area contributed by atoms with Crippen LogP contribution in [-0.2, 0) is 11.2 Å². The minimum atomic E-state index is 0.278. The number of hydrogen-bond donors (Lipinski definition) is 1. The van der Waals surface area contributed by atoms with Gasteiger partial charge in [-0.3, -0.25) is 0 Å². The lowest BCUT2D eigenvalue weighted by Crippen LogP contribution is -2.95. The average molecular weight is 266 g/mol. The Hall–Kier alpha value is -1.06. The molecular formula is C16H28NO2+. The highest BCUT2D eigenvalue weighted by atomic mass is 16.5. The van der Waals surface area contributed by atoms with Gasteiger partial charge in [0.2, 0.25) is 0 Å². The van der Waals surface area contributed by atoms with Gasteiger partial charge in [0, 0.05) is 0 Å². The Morgan fingerprint density at radius 2 is 1.89 bits per heavy atom. The molecule has 0 aliphatic carbocycles. The van der Waals surface area contributed by atoms with E-state index in [0.717, 1.165) is 25.3 Å². The maximum Gasteiger partial charge on any atom is 0.119 e. The third-order valence-corrected chi connectivity index (χ3v) is 2.82. The second kappa shape index (κ2) is 8.18. The Morgan fingerprint density at radius 3 is 2.58 bits per heavy atom. The van der Waals surface area contributed by atoms with Gasteiger partial charge in [-0.1, -0.05) is 19.1 Å². The van der Waals surface area contributed by atoms with Gasteiger partial charge in [-0.15, -0.1) is 0 Å². The fourth-order valence-electron chi connectivity index (χ4n) is 1.75. The summed E-state index contributed by atoms with van der Waals surface area (Å²) in [7, 11) is 0. The first-order chi connectivity index (χ1) is 9.01. The highest BCUT2D eigenvalue weighted by Gasteiger charge is 2.11. The van der Waals surface area contributed by atoms with Crippen LogP contribution in [0.15, 0.2) is 24.3 Å². The van der Waals surface area contributed by atoms with Crippen LogP contribution in [0.4, 0.5) is 0 Å². The van der Waals surface area contributed by atoms with Gasteiger partial charge in [0.05, 0.1) is 25.3 Å². The van der Waals surface area contributed by atoms with E-state index in [-0.39, 0.29) is 5.54 Å². The molecule has 19 heavy (non-hydrogen) atoms. The van der Waals surface area contributed by atoms with Crippen LogP contribution in [0.2, 0.25) is 0 Å². The fourth-order valence-corrected chi connectivity index (χ4v) is 1.75. The molecule has 3 heteroatoms. The van der Waals surface area contributed by atoms with Crippen molar-refractivity contribution in [2.45, 2.75) is 39.7 Å². The van der Waals surface area contributed by atoms with Gasteiger partial charge in [-0.2, -0.15) is 0 Å². The number of hydrogen-bond acceptors (Lipinski definition) is 2. The van der Waals surface area contributed by atoms with Gasteiger partial charge in [0.1, 0.15) is 12.4 Å². The predicted molar refractivity (Wildman–Crippen MR) is 78.7 cm³/mol. The van der Waals surface area contributed by atoms with E-state index in [1.165, 1.54) is 5.56 Å². The van der Waals surface area contributed by atoms with Crippen molar-refractivity contribution in [1.29, 1.82) is 0 Å². The summed E-state index contributed by atoms with van der Waals surface area (Å²) in [6.45, 7) is 11.8. The Labute approximate surface area is 117 Å². The first-order valence-corrected chi connectivity index (χ1v) is 7.15. The lowest BCUT2D eigenvalue weighted by molar-refractivity contribution is -0.718. The van der Waals surface area contributed by atoms with Crippen LogP contribution < -0.4 is 10.1 Å². The van der Waals surface area contributed by atoms with Gasteiger partial charge >= 0.3 is 0 Å². The molecule has 0 fully saturated rings. The van der Waals surface area contributed by atoms with Crippen molar-refractivity contribution in [3.05, 3.63) is 29.8 Å². The number of rotatable bonds is 8. The largest absolute Gasteiger partial charge is 0.491 e. The number of ether oxygens (including phenoxy) is 2. The van der Waals surface area contributed by atoms with E-state index in [2.05, 4.69) is 45.1 Å². The maximum absolute atomic E-state index is 5.66. The molecule has 0 atom stereocenters. The summed E-state index contributed by atoms with van der Waals surface area (Å²) in [6, 6.07) is 8.24. The molecule has 0 aliphatic rings. The molecule has 0 heterocycles. The van der Waals surface area contributed by atoms with E-state index >= 15 is 0 Å². The van der Waals surface area contributed by atoms with E-state index in [9.17, 15) is 0 Å². The number of quaternary nitrogens is 1. The van der Waals surface area contributed by atoms with Gasteiger partial charge in [0.25, 0.3) is 0 Å². The second-order valence-corrected chi connectivity index (χ2v) is 5.82. The summed E-state index contributed by atoms with van der Waals surface area (Å²) >= 11 is 0. The lowest BCUT2D eigenvalue weighted by atomic mass is 10.1. The number of benzene rings is 1. The maximum atomic E-state index is 5.66. The third-order valence-electron chi connectivity index (χ3n) is 2.82. The molecule has 1 aromatic rings. The average Bonchev–Trinajstić information content (AvgIpc) is 2.36. The number of nitrogens with two attached hydrogens (primary N) is 1. The van der Waals surface area contributed by atoms with Crippen LogP contribution in [0.25, 0.3) is 0 Å². The number of aryl methyl sites for hydroxylation is 1. The van der Waals surface area contributed by atoms with Gasteiger partial charge in [-0.05, 0) is 44.9 Å². The molecule has 0 amide bonds. The normalized spacial score (nSPS) is 11.6. The van der Waals surface area contributed by atoms with Crippen molar-refractivity contribution in [3.63, 3.8) is 0 Å². The smallest absolute Gasteiger partial charge is 0.119 e. The first-order valence-electron chi connectivity index (χ1n) is 7.15. The molecule has 0 unspecified atom stereocenters. The Kier molecular flexibility index (Phi) is 6.89. The lowest BCUT2D eigenvalue weighted by Gasteiger charge is -2.16. The monoisotopic (exact) mass is 266 g/mol. The summed E-state index contributed by atoms with van der Waals surface area (Å²) in [5.41, 5.74) is 1.58. The predicted octanol–water partition coefficient (Wildman–Crippen LogP) is 2.01. The Balaban J connectivity index is 2.07. The topological polar surface area (TPSA) is 35.1 Å². The fraction of sp³-hybridized carbons (Fsp3) is 0.625. The molecule has 0 spiro atoms. The van der Waals surface area contributed by atoms with Crippen molar-refractivity contribution in [1.82, 2.24) is 0 Å². The summed E-state index contributed by atoms with van der Waals surface area (Å²) < 4.78 is 11.2. The zero-order chi connectivity index (χ0) is 14.1. The zero-order valence-electron chi connectivity index (χ0n) is 12.7. The van der Waals surface area contributed by atoms with Crippen LogP contribution in [0.5, 0.6) is 5.75 Å². The van der Waals surface area contributed by atoms with Crippen molar-refractivity contribution >= 4 is 0 Å². The molecule has 0 radical (unpaired) electrons. The molecule has 2 N–H and O–H groups in total. The van der Waals surface area contributed by atoms with E-state index < -0.39 is 0 Å². The highest BCUT2D eigenvalue weighted by molar-refractivity contribution is 5.28. The van der Waals surface area contributed by atoms with E-state index in [1.54, 1.807) is 0 Å². The molecule has 0 saturated heterocycles. The zero-order valence-corrected chi connectivity index (χ0v) is 12.7. The Bertz CT molecular complexity index is 358. The third kappa shape index (κ3) is 7.85. The molecule has 0 aromatic heterocycles. The van der Waals surface area contributed by atoms with Crippen LogP contribution in [0.1, 0.15) is 33.3 Å². The summed E-state index contributed by atoms with van der Waals surface area (Å²) in [5.74, 6) is 0.934. The van der Waals surface area contributed by atoms with Crippen molar-refractivity contribution in [2.75, 3.05) is 26.4 Å². The van der Waals surface area contributed by atoms with Crippen LogP contribution in [0, 0.1) is 0 Å². The Morgan fingerprint density at radius 1 is 1.11 bits per heavy atom. The second-order valence-electron chi connectivity index (χ2n) is 5.82. The molecule has 1 rings (SSSR count). The molecule has 108 valence electrons. The minimum absolute atomic E-state index is 0.278. The first kappa shape index (κ1) is 16.0. The van der Waals surface area contributed by atoms with Crippen LogP contribution in [-0.4, -0.2) is 31.9 Å². The standard InChI is InChI=1S/C16H27NO2/c1-5-14-7-6-8-15(13-14)19-12-11-18-10-9-17-16(2,3)4/h6-8,13,17H,5,9-12H2,1-4H3/p+1. The van der Waals surface area contributed by atoms with Crippen LogP contribution >= 0.6 is 0 Å². The molecule has 3 nitrogen and oxygen atoms in total. The minimum Gasteiger partial charge on any atom is -0.491 e. The van der Waals surface area contributed by atoms with Gasteiger partial charge in [-0.25, -0.2) is 0 Å². The summed E-state index contributed by atoms with van der Waals surface area (Å²) in [4.78, 5) is 0.